The van der Waals surface area contributed by atoms with Crippen molar-refractivity contribution in [2.24, 2.45) is 5.92 Å². The van der Waals surface area contributed by atoms with E-state index in [2.05, 4.69) is 22.2 Å². The van der Waals surface area contributed by atoms with Crippen molar-refractivity contribution >= 4 is 11.9 Å². The van der Waals surface area contributed by atoms with Crippen LogP contribution < -0.4 is 5.32 Å². The zero-order valence-corrected chi connectivity index (χ0v) is 12.8. The maximum atomic E-state index is 12.4. The lowest BCUT2D eigenvalue weighted by molar-refractivity contribution is 0.0753. The van der Waals surface area contributed by atoms with Crippen molar-refractivity contribution < 1.29 is 9.53 Å². The molecule has 1 aliphatic rings. The van der Waals surface area contributed by atoms with Gasteiger partial charge in [0.25, 0.3) is 5.91 Å². The van der Waals surface area contributed by atoms with Crippen LogP contribution in [0.15, 0.2) is 12.4 Å². The van der Waals surface area contributed by atoms with Crippen LogP contribution in [0.1, 0.15) is 37.0 Å². The Labute approximate surface area is 125 Å². The van der Waals surface area contributed by atoms with Crippen LogP contribution in [-0.4, -0.2) is 53.6 Å². The average Bonchev–Trinajstić information content (AvgIpc) is 2.97. The maximum Gasteiger partial charge on any atom is 0.257 e. The highest BCUT2D eigenvalue weighted by Crippen LogP contribution is 2.19. The van der Waals surface area contributed by atoms with Gasteiger partial charge in [-0.05, 0) is 19.8 Å². The van der Waals surface area contributed by atoms with Gasteiger partial charge in [-0.2, -0.15) is 0 Å². The fraction of sp³-hybridized carbons (Fsp3) is 0.667. The van der Waals surface area contributed by atoms with Crippen LogP contribution in [0.25, 0.3) is 0 Å². The standard InChI is InChI=1S/C15H24N4O2/c1-3-7-21-11-12-5-6-19(10-12)14(20)13-8-17-15(16-4-2)18-9-13/h8-9,12H,3-7,10-11H2,1-2H3,(H,16,17,18)/t12-/m1/s1. The second kappa shape index (κ2) is 7.93. The Morgan fingerprint density at radius 2 is 2.19 bits per heavy atom. The molecule has 1 aromatic heterocycles. The molecule has 0 saturated carbocycles. The summed E-state index contributed by atoms with van der Waals surface area (Å²) in [6.07, 6.45) is 5.22. The average molecular weight is 292 g/mol. The summed E-state index contributed by atoms with van der Waals surface area (Å²) in [5.74, 6) is 1.01. The summed E-state index contributed by atoms with van der Waals surface area (Å²) in [5, 5.41) is 3.02. The van der Waals surface area contributed by atoms with Crippen LogP contribution in [0.2, 0.25) is 0 Å². The van der Waals surface area contributed by atoms with Gasteiger partial charge in [-0.3, -0.25) is 4.79 Å². The first-order valence-electron chi connectivity index (χ1n) is 7.67. The van der Waals surface area contributed by atoms with Crippen molar-refractivity contribution in [3.05, 3.63) is 18.0 Å². The Morgan fingerprint density at radius 1 is 1.43 bits per heavy atom. The molecule has 1 saturated heterocycles. The van der Waals surface area contributed by atoms with Crippen LogP contribution in [-0.2, 0) is 4.74 Å². The van der Waals surface area contributed by atoms with Crippen molar-refractivity contribution in [1.29, 1.82) is 0 Å². The molecule has 1 fully saturated rings. The molecule has 116 valence electrons. The van der Waals surface area contributed by atoms with Crippen molar-refractivity contribution in [2.45, 2.75) is 26.7 Å². The summed E-state index contributed by atoms with van der Waals surface area (Å²) in [5.41, 5.74) is 0.548. The lowest BCUT2D eigenvalue weighted by Gasteiger charge is -2.16. The first kappa shape index (κ1) is 15.7. The lowest BCUT2D eigenvalue weighted by atomic mass is 10.1. The molecule has 6 nitrogen and oxygen atoms in total. The number of rotatable bonds is 7. The highest BCUT2D eigenvalue weighted by molar-refractivity contribution is 5.93. The van der Waals surface area contributed by atoms with Gasteiger partial charge in [-0.15, -0.1) is 0 Å². The van der Waals surface area contributed by atoms with Crippen LogP contribution in [0.3, 0.4) is 0 Å². The van der Waals surface area contributed by atoms with Crippen molar-refractivity contribution in [3.8, 4) is 0 Å². The Bertz CT molecular complexity index is 449. The maximum absolute atomic E-state index is 12.4. The van der Waals surface area contributed by atoms with Gasteiger partial charge in [0.1, 0.15) is 0 Å². The van der Waals surface area contributed by atoms with Gasteiger partial charge in [0.05, 0.1) is 12.2 Å². The molecule has 0 aromatic carbocycles. The third-order valence-electron chi connectivity index (χ3n) is 3.51. The fourth-order valence-corrected chi connectivity index (χ4v) is 2.42. The molecule has 0 unspecified atom stereocenters. The summed E-state index contributed by atoms with van der Waals surface area (Å²) < 4.78 is 5.57. The number of amides is 1. The fourth-order valence-electron chi connectivity index (χ4n) is 2.42. The van der Waals surface area contributed by atoms with E-state index in [0.717, 1.165) is 45.7 Å². The molecule has 0 radical (unpaired) electrons. The van der Waals surface area contributed by atoms with Crippen molar-refractivity contribution in [1.82, 2.24) is 14.9 Å². The minimum Gasteiger partial charge on any atom is -0.381 e. The van der Waals surface area contributed by atoms with Gasteiger partial charge >= 0.3 is 0 Å². The molecule has 1 amide bonds. The molecule has 1 aliphatic heterocycles. The molecule has 0 spiro atoms. The molecule has 1 N–H and O–H groups in total. The summed E-state index contributed by atoms with van der Waals surface area (Å²) in [6, 6.07) is 0. The third kappa shape index (κ3) is 4.39. The van der Waals surface area contributed by atoms with Gasteiger partial charge in [-0.1, -0.05) is 6.92 Å². The summed E-state index contributed by atoms with van der Waals surface area (Å²) in [6.45, 7) is 7.93. The van der Waals surface area contributed by atoms with E-state index in [9.17, 15) is 4.79 Å². The predicted octanol–water partition coefficient (Wildman–Crippen LogP) is 1.80. The molecule has 21 heavy (non-hydrogen) atoms. The number of nitrogens with one attached hydrogen (secondary N) is 1. The van der Waals surface area contributed by atoms with Crippen LogP contribution in [0, 0.1) is 5.92 Å². The topological polar surface area (TPSA) is 67.3 Å². The van der Waals surface area contributed by atoms with E-state index >= 15 is 0 Å². The molecule has 0 aliphatic carbocycles. The quantitative estimate of drug-likeness (QED) is 0.776. The van der Waals surface area contributed by atoms with Gasteiger partial charge in [0, 0.05) is 44.6 Å². The van der Waals surface area contributed by atoms with E-state index in [1.54, 1.807) is 12.4 Å². The molecule has 2 rings (SSSR count). The number of carbonyl (C=O) groups is 1. The molecule has 1 atom stereocenters. The molecule has 1 aromatic rings. The van der Waals surface area contributed by atoms with Gasteiger partial charge in [0.2, 0.25) is 5.95 Å². The minimum absolute atomic E-state index is 0.0102. The second-order valence-electron chi connectivity index (χ2n) is 5.31. The molecule has 6 heteroatoms. The third-order valence-corrected chi connectivity index (χ3v) is 3.51. The lowest BCUT2D eigenvalue weighted by Crippen LogP contribution is -2.29. The number of hydrogen-bond acceptors (Lipinski definition) is 5. The molecule has 2 heterocycles. The smallest absolute Gasteiger partial charge is 0.257 e. The number of carbonyl (C=O) groups excluding carboxylic acids is 1. The normalized spacial score (nSPS) is 18.0. The number of likely N-dealkylation sites (tertiary alicyclic amines) is 1. The van der Waals surface area contributed by atoms with E-state index in [1.807, 2.05) is 11.8 Å². The molecule has 0 bridgehead atoms. The monoisotopic (exact) mass is 292 g/mol. The number of anilines is 1. The summed E-state index contributed by atoms with van der Waals surface area (Å²) in [4.78, 5) is 22.5. The van der Waals surface area contributed by atoms with Gasteiger partial charge < -0.3 is 15.0 Å². The largest absolute Gasteiger partial charge is 0.381 e. The predicted molar refractivity (Wildman–Crippen MR) is 81.3 cm³/mol. The van der Waals surface area contributed by atoms with E-state index < -0.39 is 0 Å². The zero-order chi connectivity index (χ0) is 15.1. The zero-order valence-electron chi connectivity index (χ0n) is 12.8. The Balaban J connectivity index is 1.86. The SMILES string of the molecule is CCCOC[C@@H]1CCN(C(=O)c2cnc(NCC)nc2)C1. The number of ether oxygens (including phenoxy) is 1. The van der Waals surface area contributed by atoms with Crippen LogP contribution >= 0.6 is 0 Å². The van der Waals surface area contributed by atoms with Crippen LogP contribution in [0.5, 0.6) is 0 Å². The Kier molecular flexibility index (Phi) is 5.92. The number of hydrogen-bond donors (Lipinski definition) is 1. The van der Waals surface area contributed by atoms with E-state index in [4.69, 9.17) is 4.74 Å². The van der Waals surface area contributed by atoms with Crippen LogP contribution in [0.4, 0.5) is 5.95 Å². The van der Waals surface area contributed by atoms with Crippen molar-refractivity contribution in [2.75, 3.05) is 38.2 Å². The highest BCUT2D eigenvalue weighted by atomic mass is 16.5. The number of nitrogens with zero attached hydrogens (tertiary/aromatic N) is 3. The van der Waals surface area contributed by atoms with Crippen molar-refractivity contribution in [3.63, 3.8) is 0 Å². The van der Waals surface area contributed by atoms with Gasteiger partial charge in [0.15, 0.2) is 0 Å². The molecular formula is C15H24N4O2. The highest BCUT2D eigenvalue weighted by Gasteiger charge is 2.27. The Morgan fingerprint density at radius 3 is 2.86 bits per heavy atom. The molecular weight excluding hydrogens is 268 g/mol. The Hall–Kier alpha value is -1.69. The minimum atomic E-state index is 0.0102. The first-order valence-corrected chi connectivity index (χ1v) is 7.67. The van der Waals surface area contributed by atoms with E-state index in [-0.39, 0.29) is 5.91 Å². The summed E-state index contributed by atoms with van der Waals surface area (Å²) >= 11 is 0. The van der Waals surface area contributed by atoms with E-state index in [0.29, 0.717) is 17.4 Å². The van der Waals surface area contributed by atoms with Gasteiger partial charge in [-0.25, -0.2) is 9.97 Å². The second-order valence-corrected chi connectivity index (χ2v) is 5.31. The number of aromatic nitrogens is 2. The first-order chi connectivity index (χ1) is 10.2. The summed E-state index contributed by atoms with van der Waals surface area (Å²) in [7, 11) is 0. The van der Waals surface area contributed by atoms with E-state index in [1.165, 1.54) is 0 Å².